The van der Waals surface area contributed by atoms with E-state index in [-0.39, 0.29) is 42.9 Å². The standard InChI is InChI=1S/C26H21FNS.C5H8O2.Ir/c1-15-11-18-12-17(14-23(25(18)29-15)26(2,3)4)24-22-7-5-16-13-19(27)6-8-20(16)21(22)9-10-28-24;1-4(6)3-5(2)7;/h5-11,13-14H,1-4H3;3,6H,1-2H3;/q-1;;/b;4-3-;. The van der Waals surface area contributed by atoms with Crippen molar-refractivity contribution in [3.63, 3.8) is 0 Å². The molecular weight excluding hydrogens is 662 g/mol. The summed E-state index contributed by atoms with van der Waals surface area (Å²) in [4.78, 5) is 16.0. The first-order chi connectivity index (χ1) is 16.9. The average Bonchev–Trinajstić information content (AvgIpc) is 3.16. The minimum atomic E-state index is -0.215. The van der Waals surface area contributed by atoms with Gasteiger partial charge >= 0.3 is 0 Å². The van der Waals surface area contributed by atoms with Crippen LogP contribution in [0, 0.1) is 18.8 Å². The maximum atomic E-state index is 13.7. The zero-order valence-electron chi connectivity index (χ0n) is 21.7. The van der Waals surface area contributed by atoms with Gasteiger partial charge in [0.25, 0.3) is 0 Å². The molecule has 6 heteroatoms. The van der Waals surface area contributed by atoms with Crippen LogP contribution in [0.25, 0.3) is 42.9 Å². The summed E-state index contributed by atoms with van der Waals surface area (Å²) in [5, 5.41) is 13.6. The molecule has 0 aliphatic heterocycles. The molecule has 2 heterocycles. The summed E-state index contributed by atoms with van der Waals surface area (Å²) in [6, 6.07) is 19.1. The third kappa shape index (κ3) is 6.32. The zero-order chi connectivity index (χ0) is 26.2. The molecular formula is C31H29FIrNO2S-. The van der Waals surface area contributed by atoms with E-state index < -0.39 is 0 Å². The molecule has 0 saturated heterocycles. The topological polar surface area (TPSA) is 50.2 Å². The van der Waals surface area contributed by atoms with E-state index in [1.54, 1.807) is 6.07 Å². The van der Waals surface area contributed by atoms with Crippen LogP contribution >= 0.6 is 11.3 Å². The number of nitrogens with zero attached hydrogens (tertiary/aromatic N) is 1. The van der Waals surface area contributed by atoms with Crippen molar-refractivity contribution in [2.45, 2.75) is 47.0 Å². The van der Waals surface area contributed by atoms with Crippen molar-refractivity contribution in [2.24, 2.45) is 0 Å². The minimum Gasteiger partial charge on any atom is -0.512 e. The third-order valence-electron chi connectivity index (χ3n) is 5.86. The van der Waals surface area contributed by atoms with Crippen LogP contribution in [-0.4, -0.2) is 15.9 Å². The molecule has 1 N–H and O–H groups in total. The average molecular weight is 691 g/mol. The number of pyridine rings is 1. The van der Waals surface area contributed by atoms with Gasteiger partial charge in [0.1, 0.15) is 5.82 Å². The van der Waals surface area contributed by atoms with E-state index in [1.807, 2.05) is 41.8 Å². The zero-order valence-corrected chi connectivity index (χ0v) is 24.9. The van der Waals surface area contributed by atoms with Gasteiger partial charge in [-0.3, -0.25) is 9.78 Å². The summed E-state index contributed by atoms with van der Waals surface area (Å²) in [5.74, 6) is -0.278. The number of rotatable bonds is 2. The Labute approximate surface area is 234 Å². The number of carbonyl (C=O) groups is 1. The van der Waals surface area contributed by atoms with E-state index in [1.165, 1.54) is 41.1 Å². The number of halogens is 1. The van der Waals surface area contributed by atoms with Gasteiger partial charge in [-0.1, -0.05) is 50.1 Å². The second kappa shape index (κ2) is 11.2. The van der Waals surface area contributed by atoms with Crippen LogP contribution in [0.3, 0.4) is 0 Å². The summed E-state index contributed by atoms with van der Waals surface area (Å²) in [6.45, 7) is 11.7. The van der Waals surface area contributed by atoms with Crippen molar-refractivity contribution in [1.29, 1.82) is 0 Å². The molecule has 0 atom stereocenters. The van der Waals surface area contributed by atoms with Gasteiger partial charge in [-0.25, -0.2) is 4.39 Å². The second-order valence-corrected chi connectivity index (χ2v) is 11.3. The molecule has 3 nitrogen and oxygen atoms in total. The molecule has 0 spiro atoms. The van der Waals surface area contributed by atoms with Crippen LogP contribution < -0.4 is 0 Å². The number of ketones is 1. The summed E-state index contributed by atoms with van der Waals surface area (Å²) in [5.41, 5.74) is 3.27. The SMILES string of the molecule is CC(=O)/C=C(/C)O.Cc1cc2[c-]c(-c3nccc4c3ccc3cc(F)ccc34)cc(C(C)(C)C)c2s1.[Ir]. The Kier molecular flexibility index (Phi) is 8.69. The molecule has 193 valence electrons. The predicted octanol–water partition coefficient (Wildman–Crippen LogP) is 8.85. The number of aliphatic hydroxyl groups is 1. The molecule has 0 amide bonds. The fraction of sp³-hybridized carbons (Fsp3) is 0.226. The van der Waals surface area contributed by atoms with E-state index in [2.05, 4.69) is 45.9 Å². The Balaban J connectivity index is 0.000000422. The van der Waals surface area contributed by atoms with Gasteiger partial charge in [0.05, 0.1) is 5.76 Å². The number of aryl methyl sites for hydroxylation is 1. The van der Waals surface area contributed by atoms with Crippen LogP contribution in [-0.2, 0) is 30.3 Å². The van der Waals surface area contributed by atoms with Crippen LogP contribution in [0.5, 0.6) is 0 Å². The number of fused-ring (bicyclic) bond motifs is 4. The largest absolute Gasteiger partial charge is 0.512 e. The Bertz CT molecular complexity index is 1640. The molecule has 0 aliphatic carbocycles. The van der Waals surface area contributed by atoms with Gasteiger partial charge in [0.2, 0.25) is 0 Å². The van der Waals surface area contributed by atoms with Gasteiger partial charge in [-0.05, 0) is 75.5 Å². The smallest absolute Gasteiger partial charge is 0.155 e. The molecule has 5 rings (SSSR count). The van der Waals surface area contributed by atoms with Gasteiger partial charge < -0.3 is 5.11 Å². The van der Waals surface area contributed by atoms with Gasteiger partial charge in [-0.2, -0.15) is 11.3 Å². The molecule has 0 fully saturated rings. The number of hydrogen-bond donors (Lipinski definition) is 1. The molecule has 0 unspecified atom stereocenters. The molecule has 3 aromatic carbocycles. The maximum absolute atomic E-state index is 13.7. The molecule has 0 aliphatic rings. The van der Waals surface area contributed by atoms with Crippen LogP contribution in [0.15, 0.2) is 66.6 Å². The number of aliphatic hydroxyl groups excluding tert-OH is 1. The Morgan fingerprint density at radius 1 is 1.03 bits per heavy atom. The maximum Gasteiger partial charge on any atom is 0.155 e. The number of hydrogen-bond acceptors (Lipinski definition) is 4. The summed E-state index contributed by atoms with van der Waals surface area (Å²) in [7, 11) is 0. The number of aromatic nitrogens is 1. The first kappa shape index (κ1) is 28.6. The molecule has 2 aromatic heterocycles. The fourth-order valence-corrected chi connectivity index (χ4v) is 5.55. The predicted molar refractivity (Wildman–Crippen MR) is 149 cm³/mol. The number of carbonyl (C=O) groups excluding carboxylic acids is 1. The molecule has 37 heavy (non-hydrogen) atoms. The van der Waals surface area contributed by atoms with E-state index in [4.69, 9.17) is 10.1 Å². The monoisotopic (exact) mass is 691 g/mol. The van der Waals surface area contributed by atoms with E-state index in [0.29, 0.717) is 0 Å². The van der Waals surface area contributed by atoms with Crippen LogP contribution in [0.2, 0.25) is 0 Å². The summed E-state index contributed by atoms with van der Waals surface area (Å²) in [6.07, 6.45) is 3.01. The number of thiophene rings is 1. The Morgan fingerprint density at radius 2 is 1.73 bits per heavy atom. The minimum absolute atomic E-state index is 0. The Morgan fingerprint density at radius 3 is 2.35 bits per heavy atom. The summed E-state index contributed by atoms with van der Waals surface area (Å²) < 4.78 is 15.0. The van der Waals surface area contributed by atoms with Gasteiger partial charge in [0, 0.05) is 38.1 Å². The summed E-state index contributed by atoms with van der Waals surface area (Å²) >= 11 is 1.83. The quantitative estimate of drug-likeness (QED) is 0.0872. The second-order valence-electron chi connectivity index (χ2n) is 10.0. The van der Waals surface area contributed by atoms with Crippen molar-refractivity contribution < 1.29 is 34.4 Å². The van der Waals surface area contributed by atoms with Crippen molar-refractivity contribution in [1.82, 2.24) is 4.98 Å². The molecule has 5 aromatic rings. The van der Waals surface area contributed by atoms with E-state index in [0.717, 1.165) is 38.2 Å². The van der Waals surface area contributed by atoms with Crippen molar-refractivity contribution >= 4 is 48.8 Å². The first-order valence-electron chi connectivity index (χ1n) is 11.8. The van der Waals surface area contributed by atoms with Crippen molar-refractivity contribution in [3.05, 3.63) is 88.9 Å². The van der Waals surface area contributed by atoms with Crippen LogP contribution in [0.4, 0.5) is 4.39 Å². The molecule has 0 saturated carbocycles. The number of benzene rings is 3. The first-order valence-corrected chi connectivity index (χ1v) is 12.6. The van der Waals surface area contributed by atoms with Crippen molar-refractivity contribution in [3.8, 4) is 11.3 Å². The molecule has 0 bridgehead atoms. The van der Waals surface area contributed by atoms with Gasteiger partial charge in [-0.15, -0.1) is 23.6 Å². The van der Waals surface area contributed by atoms with Crippen molar-refractivity contribution in [2.75, 3.05) is 0 Å². The molecule has 1 radical (unpaired) electrons. The van der Waals surface area contributed by atoms with E-state index >= 15 is 0 Å². The van der Waals surface area contributed by atoms with Crippen LogP contribution in [0.1, 0.15) is 45.1 Å². The number of allylic oxidation sites excluding steroid dienone is 2. The normalized spacial score (nSPS) is 11.8. The third-order valence-corrected chi connectivity index (χ3v) is 6.94. The Hall–Kier alpha value is -2.92. The van der Waals surface area contributed by atoms with E-state index in [9.17, 15) is 9.18 Å². The fourth-order valence-electron chi connectivity index (χ4n) is 4.36. The van der Waals surface area contributed by atoms with Gasteiger partial charge in [0.15, 0.2) is 5.78 Å².